The zero-order chi connectivity index (χ0) is 16.3. The van der Waals surface area contributed by atoms with Gasteiger partial charge < -0.3 is 10.6 Å². The summed E-state index contributed by atoms with van der Waals surface area (Å²) in [5.41, 5.74) is 2.34. The molecule has 3 unspecified atom stereocenters. The van der Waals surface area contributed by atoms with Crippen molar-refractivity contribution in [1.29, 1.82) is 0 Å². The van der Waals surface area contributed by atoms with E-state index in [1.807, 2.05) is 26.0 Å². The van der Waals surface area contributed by atoms with Crippen molar-refractivity contribution in [3.63, 3.8) is 0 Å². The normalized spacial score (nSPS) is 23.0. The summed E-state index contributed by atoms with van der Waals surface area (Å²) >= 11 is 0. The third-order valence-electron chi connectivity index (χ3n) is 4.00. The molecule has 22 heavy (non-hydrogen) atoms. The highest BCUT2D eigenvalue weighted by atomic mass is 16.2. The number of benzene rings is 1. The lowest BCUT2D eigenvalue weighted by molar-refractivity contribution is -0.132. The molecular formula is C17H25N3O2. The molecule has 0 radical (unpaired) electrons. The van der Waals surface area contributed by atoms with Crippen LogP contribution in [0, 0.1) is 0 Å². The first-order chi connectivity index (χ1) is 10.4. The third kappa shape index (κ3) is 4.07. The first-order valence-corrected chi connectivity index (χ1v) is 7.82. The van der Waals surface area contributed by atoms with Crippen LogP contribution in [0.15, 0.2) is 24.3 Å². The van der Waals surface area contributed by atoms with Crippen molar-refractivity contribution in [3.8, 4) is 0 Å². The van der Waals surface area contributed by atoms with Gasteiger partial charge in [-0.2, -0.15) is 0 Å². The molecule has 3 N–H and O–H groups in total. The molecule has 1 aliphatic heterocycles. The number of hydrogen-bond acceptors (Lipinski definition) is 3. The Labute approximate surface area is 131 Å². The van der Waals surface area contributed by atoms with Crippen molar-refractivity contribution in [1.82, 2.24) is 16.0 Å². The summed E-state index contributed by atoms with van der Waals surface area (Å²) in [6, 6.07) is 7.72. The molecule has 3 atom stereocenters. The van der Waals surface area contributed by atoms with Crippen LogP contribution in [0.4, 0.5) is 0 Å². The van der Waals surface area contributed by atoms with Gasteiger partial charge in [-0.05, 0) is 30.9 Å². The minimum Gasteiger partial charge on any atom is -0.348 e. The SMILES string of the molecule is CC1NC(=O)CC(C(=O)NC(C)c2ccc(C(C)C)cc2)N1. The molecule has 1 aromatic carbocycles. The standard InChI is InChI=1S/C17H25N3O2/c1-10(2)13-5-7-14(8-6-13)11(3)18-17(22)15-9-16(21)20-12(4)19-15/h5-8,10-12,15,19H,9H2,1-4H3,(H,18,22)(H,20,21). The van der Waals surface area contributed by atoms with Crippen molar-refractivity contribution in [2.75, 3.05) is 0 Å². The fourth-order valence-corrected chi connectivity index (χ4v) is 2.62. The van der Waals surface area contributed by atoms with Crippen molar-refractivity contribution < 1.29 is 9.59 Å². The molecular weight excluding hydrogens is 278 g/mol. The van der Waals surface area contributed by atoms with Crippen LogP contribution in [-0.4, -0.2) is 24.0 Å². The summed E-state index contributed by atoms with van der Waals surface area (Å²) in [6.45, 7) is 8.09. The van der Waals surface area contributed by atoms with Crippen LogP contribution in [0.25, 0.3) is 0 Å². The van der Waals surface area contributed by atoms with E-state index in [-0.39, 0.29) is 30.4 Å². The van der Waals surface area contributed by atoms with Gasteiger partial charge in [0.1, 0.15) is 0 Å². The lowest BCUT2D eigenvalue weighted by atomic mass is 9.99. The van der Waals surface area contributed by atoms with Crippen LogP contribution in [0.3, 0.4) is 0 Å². The Kier molecular flexibility index (Phi) is 5.19. The molecule has 1 fully saturated rings. The van der Waals surface area contributed by atoms with Crippen molar-refractivity contribution in [3.05, 3.63) is 35.4 Å². The molecule has 0 aromatic heterocycles. The second kappa shape index (κ2) is 6.92. The molecule has 1 saturated heterocycles. The second-order valence-corrected chi connectivity index (χ2v) is 6.26. The maximum absolute atomic E-state index is 12.3. The largest absolute Gasteiger partial charge is 0.348 e. The first-order valence-electron chi connectivity index (χ1n) is 7.82. The average Bonchev–Trinajstić information content (AvgIpc) is 2.46. The Balaban J connectivity index is 1.97. The van der Waals surface area contributed by atoms with Crippen LogP contribution >= 0.6 is 0 Å². The molecule has 0 aliphatic carbocycles. The van der Waals surface area contributed by atoms with E-state index >= 15 is 0 Å². The molecule has 1 aliphatic rings. The fourth-order valence-electron chi connectivity index (χ4n) is 2.62. The number of rotatable bonds is 4. The van der Waals surface area contributed by atoms with E-state index in [0.717, 1.165) is 5.56 Å². The van der Waals surface area contributed by atoms with Crippen molar-refractivity contribution >= 4 is 11.8 Å². The fraction of sp³-hybridized carbons (Fsp3) is 0.529. The Morgan fingerprint density at radius 3 is 2.32 bits per heavy atom. The maximum atomic E-state index is 12.3. The highest BCUT2D eigenvalue weighted by Gasteiger charge is 2.29. The Bertz CT molecular complexity index is 539. The van der Waals surface area contributed by atoms with E-state index in [1.54, 1.807) is 0 Å². The molecule has 5 nitrogen and oxygen atoms in total. The smallest absolute Gasteiger partial charge is 0.238 e. The number of hydrogen-bond donors (Lipinski definition) is 3. The van der Waals surface area contributed by atoms with Crippen LogP contribution < -0.4 is 16.0 Å². The Morgan fingerprint density at radius 2 is 1.77 bits per heavy atom. The topological polar surface area (TPSA) is 70.2 Å². The van der Waals surface area contributed by atoms with E-state index in [1.165, 1.54) is 5.56 Å². The van der Waals surface area contributed by atoms with Crippen LogP contribution in [-0.2, 0) is 9.59 Å². The molecule has 120 valence electrons. The minimum absolute atomic E-state index is 0.0872. The average molecular weight is 303 g/mol. The zero-order valence-corrected chi connectivity index (χ0v) is 13.6. The van der Waals surface area contributed by atoms with Gasteiger partial charge in [-0.3, -0.25) is 14.9 Å². The van der Waals surface area contributed by atoms with Crippen LogP contribution in [0.5, 0.6) is 0 Å². The minimum atomic E-state index is -0.471. The van der Waals surface area contributed by atoms with Gasteiger partial charge in [-0.25, -0.2) is 0 Å². The lowest BCUT2D eigenvalue weighted by Crippen LogP contribution is -2.59. The molecule has 2 rings (SSSR count). The third-order valence-corrected chi connectivity index (χ3v) is 4.00. The molecule has 1 aromatic rings. The zero-order valence-electron chi connectivity index (χ0n) is 13.6. The predicted molar refractivity (Wildman–Crippen MR) is 86.2 cm³/mol. The number of amides is 2. The first kappa shape index (κ1) is 16.5. The number of nitrogens with one attached hydrogen (secondary N) is 3. The van der Waals surface area contributed by atoms with E-state index in [2.05, 4.69) is 41.9 Å². The predicted octanol–water partition coefficient (Wildman–Crippen LogP) is 1.81. The quantitative estimate of drug-likeness (QED) is 0.794. The van der Waals surface area contributed by atoms with E-state index < -0.39 is 6.04 Å². The molecule has 1 heterocycles. The summed E-state index contributed by atoms with van der Waals surface area (Å²) in [7, 11) is 0. The molecule has 2 amide bonds. The van der Waals surface area contributed by atoms with E-state index in [9.17, 15) is 9.59 Å². The molecule has 0 spiro atoms. The second-order valence-electron chi connectivity index (χ2n) is 6.26. The van der Waals surface area contributed by atoms with E-state index in [4.69, 9.17) is 0 Å². The maximum Gasteiger partial charge on any atom is 0.238 e. The van der Waals surface area contributed by atoms with Gasteiger partial charge in [-0.15, -0.1) is 0 Å². The summed E-state index contributed by atoms with van der Waals surface area (Å²) in [6.07, 6.45) is -0.00697. The molecule has 0 saturated carbocycles. The van der Waals surface area contributed by atoms with Gasteiger partial charge in [0.05, 0.1) is 24.7 Å². The highest BCUT2D eigenvalue weighted by Crippen LogP contribution is 2.18. The lowest BCUT2D eigenvalue weighted by Gasteiger charge is -2.29. The monoisotopic (exact) mass is 303 g/mol. The summed E-state index contributed by atoms with van der Waals surface area (Å²) in [5.74, 6) is 0.257. The van der Waals surface area contributed by atoms with Gasteiger partial charge in [0.25, 0.3) is 0 Å². The number of carbonyl (C=O) groups excluding carboxylic acids is 2. The van der Waals surface area contributed by atoms with Crippen molar-refractivity contribution in [2.45, 2.75) is 58.3 Å². The highest BCUT2D eigenvalue weighted by molar-refractivity contribution is 5.89. The van der Waals surface area contributed by atoms with Crippen LogP contribution in [0.1, 0.15) is 57.2 Å². The van der Waals surface area contributed by atoms with Gasteiger partial charge >= 0.3 is 0 Å². The van der Waals surface area contributed by atoms with Gasteiger partial charge in [0, 0.05) is 0 Å². The summed E-state index contributed by atoms with van der Waals surface area (Å²) in [5, 5.41) is 8.79. The van der Waals surface area contributed by atoms with Crippen molar-refractivity contribution in [2.24, 2.45) is 0 Å². The van der Waals surface area contributed by atoms with Gasteiger partial charge in [0.2, 0.25) is 11.8 Å². The molecule has 0 bridgehead atoms. The summed E-state index contributed by atoms with van der Waals surface area (Å²) in [4.78, 5) is 23.8. The van der Waals surface area contributed by atoms with E-state index in [0.29, 0.717) is 5.92 Å². The Morgan fingerprint density at radius 1 is 1.18 bits per heavy atom. The van der Waals surface area contributed by atoms with Crippen LogP contribution in [0.2, 0.25) is 0 Å². The van der Waals surface area contributed by atoms with Gasteiger partial charge in [-0.1, -0.05) is 38.1 Å². The Hall–Kier alpha value is -1.88. The van der Waals surface area contributed by atoms with Gasteiger partial charge in [0.15, 0.2) is 0 Å². The molecule has 5 heteroatoms. The summed E-state index contributed by atoms with van der Waals surface area (Å²) < 4.78 is 0. The number of carbonyl (C=O) groups is 2.